The molecule has 0 radical (unpaired) electrons. The van der Waals surface area contributed by atoms with Gasteiger partial charge >= 0.3 is 0 Å². The minimum absolute atomic E-state index is 0.0298. The quantitative estimate of drug-likeness (QED) is 0.401. The Morgan fingerprint density at radius 1 is 1.83 bits per heavy atom. The van der Waals surface area contributed by atoms with E-state index in [1.807, 2.05) is 6.92 Å². The fraction of sp³-hybridized carbons (Fsp3) is 0.625. The van der Waals surface area contributed by atoms with Gasteiger partial charge in [-0.3, -0.25) is 4.79 Å². The number of terminal acetylenes is 1. The Morgan fingerprint density at radius 2 is 2.50 bits per heavy atom. The summed E-state index contributed by atoms with van der Waals surface area (Å²) in [5.74, 6) is 2.05. The maximum absolute atomic E-state index is 10.2. The van der Waals surface area contributed by atoms with Gasteiger partial charge in [-0.2, -0.15) is 0 Å². The van der Waals surface area contributed by atoms with Crippen LogP contribution in [0.4, 0.5) is 0 Å². The molecule has 0 aliphatic rings. The van der Waals surface area contributed by atoms with Crippen LogP contribution in [0.1, 0.15) is 6.92 Å². The highest BCUT2D eigenvalue weighted by Crippen LogP contribution is 1.77. The zero-order chi connectivity index (χ0) is 9.40. The van der Waals surface area contributed by atoms with Crippen molar-refractivity contribution in [2.45, 2.75) is 13.0 Å². The van der Waals surface area contributed by atoms with Crippen LogP contribution in [0.2, 0.25) is 0 Å². The molecule has 0 aromatic carbocycles. The molecule has 0 rings (SSSR count). The fourth-order valence-electron chi connectivity index (χ4n) is 0.579. The van der Waals surface area contributed by atoms with Crippen molar-refractivity contribution in [2.24, 2.45) is 5.73 Å². The molecule has 0 aliphatic carbocycles. The van der Waals surface area contributed by atoms with Crippen LogP contribution in [0.5, 0.6) is 0 Å². The third-order valence-electron chi connectivity index (χ3n) is 1.19. The molecule has 1 amide bonds. The molecule has 0 saturated carbocycles. The topological polar surface area (TPSA) is 64.3 Å². The van der Waals surface area contributed by atoms with Gasteiger partial charge in [0.05, 0.1) is 12.6 Å². The number of nitrogens with one attached hydrogen (secondary N) is 1. The summed E-state index contributed by atoms with van der Waals surface area (Å²) in [6.45, 7) is 2.90. The van der Waals surface area contributed by atoms with E-state index in [1.54, 1.807) is 0 Å². The van der Waals surface area contributed by atoms with Crippen molar-refractivity contribution < 1.29 is 9.53 Å². The second-order valence-corrected chi connectivity index (χ2v) is 2.36. The summed E-state index contributed by atoms with van der Waals surface area (Å²) in [7, 11) is 0. The molecule has 0 aliphatic heterocycles. The Hall–Kier alpha value is -1.05. The minimum Gasteiger partial charge on any atom is -0.370 e. The lowest BCUT2D eigenvalue weighted by molar-refractivity contribution is -0.122. The largest absolute Gasteiger partial charge is 0.370 e. The van der Waals surface area contributed by atoms with Crippen LogP contribution in [0, 0.1) is 12.3 Å². The molecule has 1 unspecified atom stereocenters. The minimum atomic E-state index is -0.458. The van der Waals surface area contributed by atoms with Gasteiger partial charge in [0.2, 0.25) is 5.91 Å². The average molecular weight is 170 g/mol. The highest BCUT2D eigenvalue weighted by atomic mass is 16.5. The molecule has 0 saturated heterocycles. The molecule has 68 valence electrons. The van der Waals surface area contributed by atoms with E-state index in [9.17, 15) is 4.79 Å². The first-order chi connectivity index (χ1) is 5.66. The fourth-order valence-corrected chi connectivity index (χ4v) is 0.579. The van der Waals surface area contributed by atoms with E-state index in [0.29, 0.717) is 13.2 Å². The van der Waals surface area contributed by atoms with E-state index in [2.05, 4.69) is 11.2 Å². The van der Waals surface area contributed by atoms with Gasteiger partial charge in [-0.1, -0.05) is 5.92 Å². The van der Waals surface area contributed by atoms with Crippen molar-refractivity contribution in [3.8, 4) is 12.3 Å². The second-order valence-electron chi connectivity index (χ2n) is 2.36. The molecule has 3 N–H and O–H groups in total. The Balaban J connectivity index is 3.12. The van der Waals surface area contributed by atoms with Crippen LogP contribution < -0.4 is 11.1 Å². The molecule has 4 heteroatoms. The van der Waals surface area contributed by atoms with E-state index < -0.39 is 5.91 Å². The molecule has 12 heavy (non-hydrogen) atoms. The number of rotatable bonds is 6. The number of primary amides is 1. The average Bonchev–Trinajstić information content (AvgIpc) is 2.03. The van der Waals surface area contributed by atoms with Gasteiger partial charge in [0.25, 0.3) is 0 Å². The number of carbonyl (C=O) groups excluding carboxylic acids is 1. The first-order valence-electron chi connectivity index (χ1n) is 3.72. The van der Waals surface area contributed by atoms with E-state index in [-0.39, 0.29) is 12.6 Å². The number of ether oxygens (including phenoxy) is 1. The number of nitrogens with two attached hydrogens (primary N) is 1. The SMILES string of the molecule is C#CC(C)NCCOCC(N)=O. The maximum Gasteiger partial charge on any atom is 0.243 e. The van der Waals surface area contributed by atoms with Crippen molar-refractivity contribution in [1.29, 1.82) is 0 Å². The number of hydrogen-bond acceptors (Lipinski definition) is 3. The summed E-state index contributed by atoms with van der Waals surface area (Å²) in [6.07, 6.45) is 5.11. The molecular formula is C8H14N2O2. The van der Waals surface area contributed by atoms with Crippen molar-refractivity contribution in [3.05, 3.63) is 0 Å². The Morgan fingerprint density at radius 3 is 3.00 bits per heavy atom. The van der Waals surface area contributed by atoms with Gasteiger partial charge in [0.1, 0.15) is 6.61 Å². The third kappa shape index (κ3) is 7.06. The lowest BCUT2D eigenvalue weighted by Gasteiger charge is -2.06. The van der Waals surface area contributed by atoms with Crippen LogP contribution in [0.25, 0.3) is 0 Å². The number of carbonyl (C=O) groups is 1. The number of hydrogen-bond donors (Lipinski definition) is 2. The standard InChI is InChI=1S/C8H14N2O2/c1-3-7(2)10-4-5-12-6-8(9)11/h1,7,10H,4-6H2,2H3,(H2,9,11). The van der Waals surface area contributed by atoms with Crippen molar-refractivity contribution in [3.63, 3.8) is 0 Å². The Labute approximate surface area is 72.5 Å². The van der Waals surface area contributed by atoms with Crippen LogP contribution in [0.3, 0.4) is 0 Å². The summed E-state index contributed by atoms with van der Waals surface area (Å²) < 4.78 is 4.88. The predicted octanol–water partition coefficient (Wildman–Crippen LogP) is -0.900. The van der Waals surface area contributed by atoms with Gasteiger partial charge in [0, 0.05) is 6.54 Å². The van der Waals surface area contributed by atoms with Gasteiger partial charge in [-0.25, -0.2) is 0 Å². The van der Waals surface area contributed by atoms with Crippen molar-refractivity contribution in [2.75, 3.05) is 19.8 Å². The van der Waals surface area contributed by atoms with Crippen molar-refractivity contribution >= 4 is 5.91 Å². The smallest absolute Gasteiger partial charge is 0.243 e. The van der Waals surface area contributed by atoms with Crippen LogP contribution in [-0.4, -0.2) is 31.7 Å². The molecule has 0 bridgehead atoms. The summed E-state index contributed by atoms with van der Waals surface area (Å²) in [6, 6.07) is 0.0298. The van der Waals surface area contributed by atoms with E-state index >= 15 is 0 Å². The maximum atomic E-state index is 10.2. The van der Waals surface area contributed by atoms with E-state index in [0.717, 1.165) is 0 Å². The highest BCUT2D eigenvalue weighted by Gasteiger charge is 1.95. The highest BCUT2D eigenvalue weighted by molar-refractivity contribution is 5.74. The zero-order valence-corrected chi connectivity index (χ0v) is 7.17. The molecule has 0 fully saturated rings. The predicted molar refractivity (Wildman–Crippen MR) is 46.3 cm³/mol. The van der Waals surface area contributed by atoms with Crippen molar-refractivity contribution in [1.82, 2.24) is 5.32 Å². The monoisotopic (exact) mass is 170 g/mol. The molecular weight excluding hydrogens is 156 g/mol. The van der Waals surface area contributed by atoms with Crippen LogP contribution >= 0.6 is 0 Å². The molecule has 0 heterocycles. The Kier molecular flexibility index (Phi) is 6.07. The van der Waals surface area contributed by atoms with Crippen LogP contribution in [0.15, 0.2) is 0 Å². The van der Waals surface area contributed by atoms with Gasteiger partial charge in [-0.15, -0.1) is 6.42 Å². The van der Waals surface area contributed by atoms with Crippen LogP contribution in [-0.2, 0) is 9.53 Å². The molecule has 1 atom stereocenters. The second kappa shape index (κ2) is 6.65. The Bertz CT molecular complexity index is 174. The number of amides is 1. The lowest BCUT2D eigenvalue weighted by atomic mass is 10.3. The molecule has 4 nitrogen and oxygen atoms in total. The zero-order valence-electron chi connectivity index (χ0n) is 7.17. The van der Waals surface area contributed by atoms with E-state index in [4.69, 9.17) is 16.9 Å². The summed E-state index contributed by atoms with van der Waals surface area (Å²) in [5, 5.41) is 2.99. The first-order valence-corrected chi connectivity index (χ1v) is 3.72. The summed E-state index contributed by atoms with van der Waals surface area (Å²) in [5.41, 5.74) is 4.84. The normalized spacial score (nSPS) is 12.0. The molecule has 0 aromatic rings. The van der Waals surface area contributed by atoms with E-state index in [1.165, 1.54) is 0 Å². The van der Waals surface area contributed by atoms with Gasteiger partial charge in [0.15, 0.2) is 0 Å². The summed E-state index contributed by atoms with van der Waals surface area (Å²) >= 11 is 0. The lowest BCUT2D eigenvalue weighted by Crippen LogP contribution is -2.29. The summed E-state index contributed by atoms with van der Waals surface area (Å²) in [4.78, 5) is 10.2. The third-order valence-corrected chi connectivity index (χ3v) is 1.19. The molecule has 0 spiro atoms. The first kappa shape index (κ1) is 11.0. The van der Waals surface area contributed by atoms with Gasteiger partial charge < -0.3 is 15.8 Å². The molecule has 0 aromatic heterocycles. The van der Waals surface area contributed by atoms with Gasteiger partial charge in [-0.05, 0) is 6.92 Å².